The molecule has 112 valence electrons. The lowest BCUT2D eigenvalue weighted by Gasteiger charge is -2.21. The van der Waals surface area contributed by atoms with Gasteiger partial charge in [0, 0.05) is 19.1 Å². The van der Waals surface area contributed by atoms with Gasteiger partial charge in [-0.3, -0.25) is 0 Å². The molecule has 0 radical (unpaired) electrons. The Morgan fingerprint density at radius 3 is 2.35 bits per heavy atom. The molecule has 1 aromatic carbocycles. The van der Waals surface area contributed by atoms with Crippen LogP contribution in [-0.2, 0) is 6.54 Å². The molecule has 20 heavy (non-hydrogen) atoms. The molecule has 1 aliphatic rings. The van der Waals surface area contributed by atoms with Crippen molar-refractivity contribution in [3.63, 3.8) is 0 Å². The Kier molecular flexibility index (Phi) is 5.86. The van der Waals surface area contributed by atoms with E-state index in [2.05, 4.69) is 55.3 Å². The Bertz CT molecular complexity index is 382. The molecule has 3 heteroatoms. The van der Waals surface area contributed by atoms with Crippen LogP contribution in [0.1, 0.15) is 39.2 Å². The SMILES string of the molecule is CC(CN1CCCC1)NCc1ccc(OC(C)C)cc1. The van der Waals surface area contributed by atoms with Crippen molar-refractivity contribution in [2.24, 2.45) is 0 Å². The van der Waals surface area contributed by atoms with Crippen LogP contribution < -0.4 is 10.1 Å². The van der Waals surface area contributed by atoms with Gasteiger partial charge in [0.2, 0.25) is 0 Å². The first kappa shape index (κ1) is 15.3. The summed E-state index contributed by atoms with van der Waals surface area (Å²) in [5.41, 5.74) is 1.31. The lowest BCUT2D eigenvalue weighted by molar-refractivity contribution is 0.242. The van der Waals surface area contributed by atoms with Crippen molar-refractivity contribution in [2.75, 3.05) is 19.6 Å². The summed E-state index contributed by atoms with van der Waals surface area (Å²) in [6.45, 7) is 11.0. The third-order valence-corrected chi connectivity index (χ3v) is 3.68. The Labute approximate surface area is 123 Å². The van der Waals surface area contributed by atoms with Crippen molar-refractivity contribution in [1.82, 2.24) is 10.2 Å². The Morgan fingerprint density at radius 1 is 1.10 bits per heavy atom. The molecule has 0 saturated carbocycles. The molecule has 0 amide bonds. The first-order valence-electron chi connectivity index (χ1n) is 7.85. The summed E-state index contributed by atoms with van der Waals surface area (Å²) >= 11 is 0. The second-order valence-electron chi connectivity index (χ2n) is 6.10. The molecule has 0 aliphatic carbocycles. The van der Waals surface area contributed by atoms with Gasteiger partial charge in [0.05, 0.1) is 6.10 Å². The largest absolute Gasteiger partial charge is 0.491 e. The fraction of sp³-hybridized carbons (Fsp3) is 0.647. The van der Waals surface area contributed by atoms with Crippen LogP contribution in [0, 0.1) is 0 Å². The van der Waals surface area contributed by atoms with E-state index >= 15 is 0 Å². The molecule has 1 aromatic rings. The van der Waals surface area contributed by atoms with Crippen molar-refractivity contribution < 1.29 is 4.74 Å². The molecule has 0 aromatic heterocycles. The third kappa shape index (κ3) is 5.14. The molecular formula is C17H28N2O. The third-order valence-electron chi connectivity index (χ3n) is 3.68. The summed E-state index contributed by atoms with van der Waals surface area (Å²) in [7, 11) is 0. The van der Waals surface area contributed by atoms with E-state index in [1.165, 1.54) is 31.5 Å². The fourth-order valence-corrected chi connectivity index (χ4v) is 2.67. The van der Waals surface area contributed by atoms with Crippen molar-refractivity contribution >= 4 is 0 Å². The van der Waals surface area contributed by atoms with Crippen LogP contribution in [-0.4, -0.2) is 36.7 Å². The molecule has 0 bridgehead atoms. The Morgan fingerprint density at radius 2 is 1.75 bits per heavy atom. The van der Waals surface area contributed by atoms with Crippen LogP contribution in [0.2, 0.25) is 0 Å². The van der Waals surface area contributed by atoms with Crippen LogP contribution in [0.4, 0.5) is 0 Å². The Balaban J connectivity index is 1.72. The lowest BCUT2D eigenvalue weighted by atomic mass is 10.2. The van der Waals surface area contributed by atoms with E-state index < -0.39 is 0 Å². The van der Waals surface area contributed by atoms with E-state index in [0.717, 1.165) is 18.8 Å². The van der Waals surface area contributed by atoms with Crippen LogP contribution >= 0.6 is 0 Å². The molecule has 1 atom stereocenters. The predicted molar refractivity (Wildman–Crippen MR) is 84.2 cm³/mol. The molecule has 1 heterocycles. The average molecular weight is 276 g/mol. The maximum Gasteiger partial charge on any atom is 0.119 e. The Hall–Kier alpha value is -1.06. The topological polar surface area (TPSA) is 24.5 Å². The second kappa shape index (κ2) is 7.65. The van der Waals surface area contributed by atoms with E-state index in [4.69, 9.17) is 4.74 Å². The number of hydrogen-bond acceptors (Lipinski definition) is 3. The molecule has 1 saturated heterocycles. The monoisotopic (exact) mass is 276 g/mol. The first-order chi connectivity index (χ1) is 9.63. The van der Waals surface area contributed by atoms with E-state index in [1.54, 1.807) is 0 Å². The maximum absolute atomic E-state index is 5.66. The van der Waals surface area contributed by atoms with Crippen LogP contribution in [0.25, 0.3) is 0 Å². The summed E-state index contributed by atoms with van der Waals surface area (Å²) in [6.07, 6.45) is 2.97. The minimum absolute atomic E-state index is 0.236. The number of nitrogens with one attached hydrogen (secondary N) is 1. The summed E-state index contributed by atoms with van der Waals surface area (Å²) in [6, 6.07) is 8.95. The smallest absolute Gasteiger partial charge is 0.119 e. The van der Waals surface area contributed by atoms with Gasteiger partial charge in [-0.2, -0.15) is 0 Å². The molecule has 1 aliphatic heterocycles. The molecule has 1 unspecified atom stereocenters. The average Bonchev–Trinajstić information content (AvgIpc) is 2.90. The van der Waals surface area contributed by atoms with Gasteiger partial charge in [0.15, 0.2) is 0 Å². The minimum atomic E-state index is 0.236. The zero-order chi connectivity index (χ0) is 14.4. The van der Waals surface area contributed by atoms with Gasteiger partial charge in [-0.15, -0.1) is 0 Å². The number of likely N-dealkylation sites (tertiary alicyclic amines) is 1. The van der Waals surface area contributed by atoms with E-state index in [1.807, 2.05) is 0 Å². The van der Waals surface area contributed by atoms with Gasteiger partial charge < -0.3 is 15.0 Å². The summed E-state index contributed by atoms with van der Waals surface area (Å²) in [5.74, 6) is 0.953. The fourth-order valence-electron chi connectivity index (χ4n) is 2.67. The predicted octanol–water partition coefficient (Wildman–Crippen LogP) is 3.05. The highest BCUT2D eigenvalue weighted by molar-refractivity contribution is 5.27. The number of rotatable bonds is 7. The van der Waals surface area contributed by atoms with Crippen molar-refractivity contribution in [3.8, 4) is 5.75 Å². The molecule has 0 spiro atoms. The van der Waals surface area contributed by atoms with Crippen molar-refractivity contribution in [1.29, 1.82) is 0 Å². The summed E-state index contributed by atoms with van der Waals surface area (Å²) in [4.78, 5) is 2.55. The number of hydrogen-bond donors (Lipinski definition) is 1. The summed E-state index contributed by atoms with van der Waals surface area (Å²) in [5, 5.41) is 3.60. The highest BCUT2D eigenvalue weighted by Crippen LogP contribution is 2.14. The van der Waals surface area contributed by atoms with Crippen molar-refractivity contribution in [3.05, 3.63) is 29.8 Å². The lowest BCUT2D eigenvalue weighted by Crippen LogP contribution is -2.37. The molecule has 1 fully saturated rings. The number of ether oxygens (including phenoxy) is 1. The first-order valence-corrected chi connectivity index (χ1v) is 7.85. The van der Waals surface area contributed by atoms with E-state index in [9.17, 15) is 0 Å². The van der Waals surface area contributed by atoms with Crippen LogP contribution in [0.3, 0.4) is 0 Å². The summed E-state index contributed by atoms with van der Waals surface area (Å²) < 4.78 is 5.66. The second-order valence-corrected chi connectivity index (χ2v) is 6.10. The van der Waals surface area contributed by atoms with Gasteiger partial charge in [0.1, 0.15) is 5.75 Å². The van der Waals surface area contributed by atoms with Gasteiger partial charge >= 0.3 is 0 Å². The molecule has 2 rings (SSSR count). The van der Waals surface area contributed by atoms with E-state index in [-0.39, 0.29) is 6.10 Å². The van der Waals surface area contributed by atoms with E-state index in [0.29, 0.717) is 6.04 Å². The zero-order valence-electron chi connectivity index (χ0n) is 13.1. The standard InChI is InChI=1S/C17H28N2O/c1-14(2)20-17-8-6-16(7-9-17)12-18-15(3)13-19-10-4-5-11-19/h6-9,14-15,18H,4-5,10-13H2,1-3H3. The normalized spacial score (nSPS) is 17.6. The van der Waals surface area contributed by atoms with Gasteiger partial charge in [-0.1, -0.05) is 12.1 Å². The maximum atomic E-state index is 5.66. The van der Waals surface area contributed by atoms with Crippen molar-refractivity contribution in [2.45, 2.75) is 52.3 Å². The number of benzene rings is 1. The van der Waals surface area contributed by atoms with Crippen LogP contribution in [0.15, 0.2) is 24.3 Å². The van der Waals surface area contributed by atoms with Crippen LogP contribution in [0.5, 0.6) is 5.75 Å². The van der Waals surface area contributed by atoms with Gasteiger partial charge in [-0.25, -0.2) is 0 Å². The van der Waals surface area contributed by atoms with Gasteiger partial charge in [-0.05, 0) is 64.4 Å². The zero-order valence-corrected chi connectivity index (χ0v) is 13.1. The minimum Gasteiger partial charge on any atom is -0.491 e. The number of nitrogens with zero attached hydrogens (tertiary/aromatic N) is 1. The van der Waals surface area contributed by atoms with Gasteiger partial charge in [0.25, 0.3) is 0 Å². The molecule has 3 nitrogen and oxygen atoms in total. The molecular weight excluding hydrogens is 248 g/mol. The molecule has 1 N–H and O–H groups in total. The highest BCUT2D eigenvalue weighted by Gasteiger charge is 2.14. The quantitative estimate of drug-likeness (QED) is 0.828. The highest BCUT2D eigenvalue weighted by atomic mass is 16.5.